The molecule has 0 atom stereocenters. The second-order valence-corrected chi connectivity index (χ2v) is 5.48. The van der Waals surface area contributed by atoms with Crippen LogP contribution in [0.2, 0.25) is 0 Å². The fraction of sp³-hybridized carbons (Fsp3) is 0.692. The highest BCUT2D eigenvalue weighted by Gasteiger charge is 2.18. The molecule has 1 aromatic rings. The summed E-state index contributed by atoms with van der Waals surface area (Å²) in [5.41, 5.74) is 2.24. The predicted molar refractivity (Wildman–Crippen MR) is 82.0 cm³/mol. The zero-order chi connectivity index (χ0) is 13.0. The molecule has 96 valence electrons. The van der Waals surface area contributed by atoms with Crippen LogP contribution in [-0.2, 0) is 0 Å². The summed E-state index contributed by atoms with van der Waals surface area (Å²) in [6.45, 7) is 11.7. The molecule has 1 aromatic carbocycles. The molecule has 0 saturated carbocycles. The van der Waals surface area contributed by atoms with Gasteiger partial charge in [-0.1, -0.05) is 38.3 Å². The summed E-state index contributed by atoms with van der Waals surface area (Å²) in [6.07, 6.45) is 1.16. The molecule has 0 spiro atoms. The van der Waals surface area contributed by atoms with Gasteiger partial charge in [0.15, 0.2) is 0 Å². The Morgan fingerprint density at radius 3 is 2.18 bits per heavy atom. The lowest BCUT2D eigenvalue weighted by Gasteiger charge is -2.27. The van der Waals surface area contributed by atoms with Gasteiger partial charge in [0.25, 0.3) is 0 Å². The van der Waals surface area contributed by atoms with E-state index in [-0.39, 0.29) is 0 Å². The summed E-state index contributed by atoms with van der Waals surface area (Å²) >= 11 is 10.6. The summed E-state index contributed by atoms with van der Waals surface area (Å²) in [4.78, 5) is 2.27. The lowest BCUT2D eigenvalue weighted by molar-refractivity contribution is 0.607. The SMILES string of the molecule is CCN(CC)c1c(NCCC(C)C)c(=S)c1=S. The van der Waals surface area contributed by atoms with Crippen LogP contribution in [0.4, 0.5) is 11.4 Å². The topological polar surface area (TPSA) is 15.3 Å². The van der Waals surface area contributed by atoms with Crippen molar-refractivity contribution in [2.75, 3.05) is 29.9 Å². The van der Waals surface area contributed by atoms with Crippen molar-refractivity contribution in [3.63, 3.8) is 0 Å². The third-order valence-corrected chi connectivity index (χ3v) is 3.92. The van der Waals surface area contributed by atoms with Gasteiger partial charge >= 0.3 is 0 Å². The van der Waals surface area contributed by atoms with Crippen LogP contribution in [-0.4, -0.2) is 19.6 Å². The average molecular weight is 270 g/mol. The fourth-order valence-corrected chi connectivity index (χ4v) is 2.47. The smallest absolute Gasteiger partial charge is 0.0834 e. The lowest BCUT2D eigenvalue weighted by Crippen LogP contribution is -2.25. The maximum Gasteiger partial charge on any atom is 0.0834 e. The van der Waals surface area contributed by atoms with E-state index < -0.39 is 0 Å². The first-order chi connectivity index (χ1) is 8.02. The summed E-state index contributed by atoms with van der Waals surface area (Å²) in [7, 11) is 0. The highest BCUT2D eigenvalue weighted by Crippen LogP contribution is 2.35. The highest BCUT2D eigenvalue weighted by molar-refractivity contribution is 7.74. The molecule has 0 fully saturated rings. The van der Waals surface area contributed by atoms with Crippen LogP contribution in [0.3, 0.4) is 0 Å². The molecule has 0 saturated heterocycles. The van der Waals surface area contributed by atoms with E-state index in [1.165, 1.54) is 0 Å². The van der Waals surface area contributed by atoms with E-state index in [0.717, 1.165) is 46.5 Å². The Hall–Kier alpha value is -0.480. The monoisotopic (exact) mass is 270 g/mol. The fourth-order valence-electron chi connectivity index (χ4n) is 1.87. The Morgan fingerprint density at radius 1 is 1.12 bits per heavy atom. The summed E-state index contributed by atoms with van der Waals surface area (Å²) < 4.78 is 1.70. The number of nitrogens with zero attached hydrogens (tertiary/aromatic N) is 1. The molecule has 0 aliphatic heterocycles. The number of rotatable bonds is 7. The Balaban J connectivity index is 2.76. The van der Waals surface area contributed by atoms with E-state index >= 15 is 0 Å². The van der Waals surface area contributed by atoms with Crippen molar-refractivity contribution >= 4 is 35.8 Å². The van der Waals surface area contributed by atoms with Gasteiger partial charge < -0.3 is 10.2 Å². The molecular formula is C13H22N2S2. The van der Waals surface area contributed by atoms with Gasteiger partial charge in [-0.2, -0.15) is 0 Å². The molecule has 0 aromatic heterocycles. The van der Waals surface area contributed by atoms with E-state index in [2.05, 4.69) is 37.9 Å². The Morgan fingerprint density at radius 2 is 1.71 bits per heavy atom. The molecule has 0 aliphatic rings. The van der Waals surface area contributed by atoms with Gasteiger partial charge in [0.1, 0.15) is 0 Å². The van der Waals surface area contributed by atoms with Crippen LogP contribution in [0.1, 0.15) is 34.1 Å². The first kappa shape index (κ1) is 14.6. The molecule has 1 rings (SSSR count). The zero-order valence-corrected chi connectivity index (χ0v) is 12.8. The molecule has 17 heavy (non-hydrogen) atoms. The molecule has 0 radical (unpaired) electrons. The van der Waals surface area contributed by atoms with Crippen LogP contribution in [0.15, 0.2) is 0 Å². The van der Waals surface area contributed by atoms with E-state index in [9.17, 15) is 0 Å². The minimum Gasteiger partial charge on any atom is -0.382 e. The van der Waals surface area contributed by atoms with E-state index in [1.54, 1.807) is 0 Å². The van der Waals surface area contributed by atoms with Crippen molar-refractivity contribution in [3.8, 4) is 0 Å². The van der Waals surface area contributed by atoms with E-state index in [1.807, 2.05) is 0 Å². The van der Waals surface area contributed by atoms with Gasteiger partial charge in [-0.25, -0.2) is 0 Å². The second kappa shape index (κ2) is 6.45. The van der Waals surface area contributed by atoms with Crippen molar-refractivity contribution < 1.29 is 0 Å². The quantitative estimate of drug-likeness (QED) is 0.742. The molecule has 0 bridgehead atoms. The van der Waals surface area contributed by atoms with Crippen LogP contribution >= 0.6 is 24.4 Å². The molecule has 0 heterocycles. The van der Waals surface area contributed by atoms with Gasteiger partial charge in [0, 0.05) is 19.6 Å². The van der Waals surface area contributed by atoms with Crippen molar-refractivity contribution in [3.05, 3.63) is 9.02 Å². The average Bonchev–Trinajstić information content (AvgIpc) is 2.31. The Kier molecular flexibility index (Phi) is 5.53. The van der Waals surface area contributed by atoms with E-state index in [0.29, 0.717) is 5.92 Å². The lowest BCUT2D eigenvalue weighted by atomic mass is 10.1. The van der Waals surface area contributed by atoms with Gasteiger partial charge in [-0.05, 0) is 26.2 Å². The molecule has 4 heteroatoms. The minimum absolute atomic E-state index is 0.709. The Bertz CT molecular complexity index is 427. The number of nitrogens with one attached hydrogen (secondary N) is 1. The van der Waals surface area contributed by atoms with Crippen LogP contribution in [0.25, 0.3) is 0 Å². The third kappa shape index (κ3) is 3.26. The van der Waals surface area contributed by atoms with Gasteiger partial charge in [0.2, 0.25) is 0 Å². The van der Waals surface area contributed by atoms with Gasteiger partial charge in [-0.15, -0.1) is 0 Å². The third-order valence-electron chi connectivity index (χ3n) is 2.99. The maximum absolute atomic E-state index is 5.33. The standard InChI is InChI=1S/C13H22N2S2/c1-5-15(6-2)11-10(12(16)13(11)17)14-8-7-9(3)4/h9,14H,5-8H2,1-4H3. The van der Waals surface area contributed by atoms with E-state index in [4.69, 9.17) is 24.4 Å². The Labute approximate surface area is 115 Å². The first-order valence-corrected chi connectivity index (χ1v) is 7.16. The molecule has 0 amide bonds. The van der Waals surface area contributed by atoms with Crippen LogP contribution < -0.4 is 10.2 Å². The minimum atomic E-state index is 0.709. The summed E-state index contributed by atoms with van der Waals surface area (Å²) in [5.74, 6) is 0.709. The first-order valence-electron chi connectivity index (χ1n) is 6.35. The normalized spacial score (nSPS) is 11.1. The zero-order valence-electron chi connectivity index (χ0n) is 11.2. The van der Waals surface area contributed by atoms with Crippen LogP contribution in [0.5, 0.6) is 0 Å². The van der Waals surface area contributed by atoms with Crippen molar-refractivity contribution in [2.45, 2.75) is 34.1 Å². The molecule has 2 nitrogen and oxygen atoms in total. The number of anilines is 2. The largest absolute Gasteiger partial charge is 0.382 e. The maximum atomic E-state index is 5.33. The van der Waals surface area contributed by atoms with Crippen molar-refractivity contribution in [2.24, 2.45) is 5.92 Å². The van der Waals surface area contributed by atoms with Crippen molar-refractivity contribution in [1.82, 2.24) is 0 Å². The second-order valence-electron chi connectivity index (χ2n) is 4.66. The van der Waals surface area contributed by atoms with Crippen molar-refractivity contribution in [1.29, 1.82) is 0 Å². The summed E-state index contributed by atoms with van der Waals surface area (Å²) in [6, 6.07) is 0. The van der Waals surface area contributed by atoms with Gasteiger partial charge in [0.05, 0.1) is 20.4 Å². The number of hydrogen-bond donors (Lipinski definition) is 1. The summed E-state index contributed by atoms with van der Waals surface area (Å²) in [5, 5.41) is 3.44. The highest BCUT2D eigenvalue weighted by atomic mass is 32.1. The predicted octanol–water partition coefficient (Wildman–Crippen LogP) is 4.33. The van der Waals surface area contributed by atoms with Crippen LogP contribution in [0, 0.1) is 14.9 Å². The van der Waals surface area contributed by atoms with Gasteiger partial charge in [-0.3, -0.25) is 0 Å². The molecule has 0 unspecified atom stereocenters. The molecule has 0 aliphatic carbocycles. The molecule has 1 N–H and O–H groups in total. The number of hydrogen-bond acceptors (Lipinski definition) is 4. The molecular weight excluding hydrogens is 248 g/mol.